The average Bonchev–Trinajstić information content (AvgIpc) is 3.10. The zero-order valence-corrected chi connectivity index (χ0v) is 16.4. The second-order valence-corrected chi connectivity index (χ2v) is 9.16. The Morgan fingerprint density at radius 2 is 2.00 bits per heavy atom. The van der Waals surface area contributed by atoms with Crippen molar-refractivity contribution < 1.29 is 0 Å². The topological polar surface area (TPSA) is 32.3 Å². The van der Waals surface area contributed by atoms with E-state index in [1.807, 2.05) is 6.92 Å². The van der Waals surface area contributed by atoms with Gasteiger partial charge >= 0.3 is 0 Å². The molecule has 0 aliphatic carbocycles. The third-order valence-electron chi connectivity index (χ3n) is 6.62. The van der Waals surface area contributed by atoms with Crippen LogP contribution in [0.2, 0.25) is 0 Å². The molecule has 5 heteroatoms. The molecule has 1 aromatic heterocycles. The maximum Gasteiger partial charge on any atom is 0.205 e. The Morgan fingerprint density at radius 3 is 2.81 bits per heavy atom. The number of aromatic nitrogens is 2. The summed E-state index contributed by atoms with van der Waals surface area (Å²) in [5.74, 6) is 2.50. The highest BCUT2D eigenvalue weighted by molar-refractivity contribution is 7.09. The summed E-state index contributed by atoms with van der Waals surface area (Å²) in [5, 5.41) is 1.14. The van der Waals surface area contributed by atoms with E-state index in [4.69, 9.17) is 0 Å². The Labute approximate surface area is 160 Å². The normalized spacial score (nSPS) is 31.7. The lowest BCUT2D eigenvalue weighted by Crippen LogP contribution is -2.62. The molecule has 0 spiro atoms. The molecule has 2 bridgehead atoms. The van der Waals surface area contributed by atoms with Gasteiger partial charge in [-0.3, -0.25) is 4.90 Å². The van der Waals surface area contributed by atoms with Crippen LogP contribution in [0.15, 0.2) is 30.3 Å². The molecule has 0 amide bonds. The van der Waals surface area contributed by atoms with Gasteiger partial charge in [-0.15, -0.1) is 0 Å². The molecule has 3 aliphatic rings. The molecule has 3 aliphatic heterocycles. The van der Waals surface area contributed by atoms with Gasteiger partial charge in [0.15, 0.2) is 0 Å². The molecule has 0 unspecified atom stereocenters. The number of nitrogens with zero attached hydrogens (tertiary/aromatic N) is 4. The van der Waals surface area contributed by atoms with E-state index in [2.05, 4.69) is 49.5 Å². The summed E-state index contributed by atoms with van der Waals surface area (Å²) in [4.78, 5) is 10.1. The van der Waals surface area contributed by atoms with Gasteiger partial charge in [0.2, 0.25) is 5.13 Å². The van der Waals surface area contributed by atoms with Crippen molar-refractivity contribution in [2.45, 2.75) is 51.1 Å². The van der Waals surface area contributed by atoms with Crippen molar-refractivity contribution in [1.82, 2.24) is 14.3 Å². The number of fused-ring (bicyclic) bond motifs is 4. The van der Waals surface area contributed by atoms with E-state index in [1.165, 1.54) is 50.8 Å². The van der Waals surface area contributed by atoms with Crippen molar-refractivity contribution in [2.24, 2.45) is 11.8 Å². The Bertz CT molecular complexity index is 745. The first-order valence-corrected chi connectivity index (χ1v) is 10.9. The zero-order chi connectivity index (χ0) is 17.5. The fourth-order valence-electron chi connectivity index (χ4n) is 5.59. The Morgan fingerprint density at radius 1 is 1.12 bits per heavy atom. The number of anilines is 1. The molecule has 4 heterocycles. The second-order valence-electron chi connectivity index (χ2n) is 8.43. The van der Waals surface area contributed by atoms with Gasteiger partial charge in [0, 0.05) is 43.3 Å². The molecule has 26 heavy (non-hydrogen) atoms. The number of rotatable bonds is 3. The third-order valence-corrected chi connectivity index (χ3v) is 7.48. The minimum Gasteiger partial charge on any atom is -0.346 e. The molecule has 4 atom stereocenters. The van der Waals surface area contributed by atoms with Crippen LogP contribution in [0.1, 0.15) is 37.1 Å². The first kappa shape index (κ1) is 16.7. The molecular weight excluding hydrogens is 340 g/mol. The van der Waals surface area contributed by atoms with E-state index < -0.39 is 0 Å². The van der Waals surface area contributed by atoms with Crippen LogP contribution in [0.4, 0.5) is 5.13 Å². The highest BCUT2D eigenvalue weighted by atomic mass is 32.1. The predicted molar refractivity (Wildman–Crippen MR) is 107 cm³/mol. The van der Waals surface area contributed by atoms with Gasteiger partial charge in [-0.05, 0) is 50.0 Å². The van der Waals surface area contributed by atoms with Crippen molar-refractivity contribution in [3.63, 3.8) is 0 Å². The lowest BCUT2D eigenvalue weighted by atomic mass is 9.74. The van der Waals surface area contributed by atoms with Crippen LogP contribution in [-0.2, 0) is 6.42 Å². The fraction of sp³-hybridized carbons (Fsp3) is 0.619. The fourth-order valence-corrected chi connectivity index (χ4v) is 6.28. The molecule has 3 saturated heterocycles. The first-order valence-electron chi connectivity index (χ1n) is 10.1. The smallest absolute Gasteiger partial charge is 0.205 e. The minimum atomic E-state index is 0.733. The molecule has 0 saturated carbocycles. The maximum atomic E-state index is 4.66. The number of aryl methyl sites for hydroxylation is 1. The van der Waals surface area contributed by atoms with E-state index in [0.717, 1.165) is 41.4 Å². The number of piperidine rings is 3. The van der Waals surface area contributed by atoms with E-state index in [1.54, 1.807) is 11.5 Å². The molecule has 2 aromatic rings. The molecule has 138 valence electrons. The second kappa shape index (κ2) is 6.93. The van der Waals surface area contributed by atoms with Crippen molar-refractivity contribution >= 4 is 16.7 Å². The van der Waals surface area contributed by atoms with Gasteiger partial charge in [0.1, 0.15) is 5.82 Å². The highest BCUT2D eigenvalue weighted by Gasteiger charge is 2.44. The SMILES string of the molecule is Cc1nsc(N2C[C@@H]3C[C@H](C2)[C@@H]2CCC[C@H](Cc4ccccc4)N2C3)n1. The predicted octanol–water partition coefficient (Wildman–Crippen LogP) is 3.77. The van der Waals surface area contributed by atoms with Crippen LogP contribution in [0, 0.1) is 18.8 Å². The van der Waals surface area contributed by atoms with Crippen molar-refractivity contribution in [3.8, 4) is 0 Å². The van der Waals surface area contributed by atoms with Crippen molar-refractivity contribution in [2.75, 3.05) is 24.5 Å². The summed E-state index contributed by atoms with van der Waals surface area (Å²) in [7, 11) is 0. The largest absolute Gasteiger partial charge is 0.346 e. The average molecular weight is 369 g/mol. The molecule has 0 N–H and O–H groups in total. The molecule has 0 radical (unpaired) electrons. The summed E-state index contributed by atoms with van der Waals surface area (Å²) in [5.41, 5.74) is 1.50. The van der Waals surface area contributed by atoms with Crippen LogP contribution >= 0.6 is 11.5 Å². The molecule has 3 fully saturated rings. The summed E-state index contributed by atoms with van der Waals surface area (Å²) >= 11 is 1.58. The standard InChI is InChI=1S/C21H28N4S/c1-15-22-21(26-23-15)24-12-17-10-18(14-24)20-9-5-8-19(25(20)13-17)11-16-6-3-2-4-7-16/h2-4,6-7,17-20H,5,8-14H2,1H3/t17-,18+,19+,20-/m0/s1. The first-order chi connectivity index (χ1) is 12.8. The number of hydrogen-bond acceptors (Lipinski definition) is 5. The number of benzene rings is 1. The van der Waals surface area contributed by atoms with Gasteiger partial charge < -0.3 is 4.90 Å². The van der Waals surface area contributed by atoms with Gasteiger partial charge in [0.05, 0.1) is 0 Å². The summed E-state index contributed by atoms with van der Waals surface area (Å²) in [6.45, 7) is 5.60. The lowest BCUT2D eigenvalue weighted by molar-refractivity contribution is -0.0186. The molecule has 5 rings (SSSR count). The van der Waals surface area contributed by atoms with E-state index in [9.17, 15) is 0 Å². The quantitative estimate of drug-likeness (QED) is 0.825. The summed E-state index contributed by atoms with van der Waals surface area (Å²) < 4.78 is 4.40. The Balaban J connectivity index is 1.33. The number of hydrogen-bond donors (Lipinski definition) is 0. The lowest BCUT2D eigenvalue weighted by Gasteiger charge is -2.55. The zero-order valence-electron chi connectivity index (χ0n) is 15.6. The molecule has 1 aromatic carbocycles. The monoisotopic (exact) mass is 368 g/mol. The van der Waals surface area contributed by atoms with Gasteiger partial charge in [-0.25, -0.2) is 4.98 Å². The van der Waals surface area contributed by atoms with Crippen LogP contribution in [0.25, 0.3) is 0 Å². The van der Waals surface area contributed by atoms with Gasteiger partial charge in [0.25, 0.3) is 0 Å². The van der Waals surface area contributed by atoms with E-state index in [0.29, 0.717) is 0 Å². The van der Waals surface area contributed by atoms with E-state index >= 15 is 0 Å². The summed E-state index contributed by atoms with van der Waals surface area (Å²) in [6.07, 6.45) is 6.76. The highest BCUT2D eigenvalue weighted by Crippen LogP contribution is 2.41. The summed E-state index contributed by atoms with van der Waals surface area (Å²) in [6, 6.07) is 12.6. The van der Waals surface area contributed by atoms with Crippen LogP contribution in [0.5, 0.6) is 0 Å². The van der Waals surface area contributed by atoms with Crippen LogP contribution in [0.3, 0.4) is 0 Å². The molecule has 4 nitrogen and oxygen atoms in total. The van der Waals surface area contributed by atoms with Gasteiger partial charge in [-0.2, -0.15) is 4.37 Å². The maximum absolute atomic E-state index is 4.66. The Hall–Kier alpha value is -1.46. The van der Waals surface area contributed by atoms with E-state index in [-0.39, 0.29) is 0 Å². The Kier molecular flexibility index (Phi) is 4.45. The third kappa shape index (κ3) is 3.16. The minimum absolute atomic E-state index is 0.733. The van der Waals surface area contributed by atoms with Crippen molar-refractivity contribution in [3.05, 3.63) is 41.7 Å². The van der Waals surface area contributed by atoms with Crippen molar-refractivity contribution in [1.29, 1.82) is 0 Å². The van der Waals surface area contributed by atoms with Crippen LogP contribution in [-0.4, -0.2) is 46.0 Å². The van der Waals surface area contributed by atoms with Crippen LogP contribution < -0.4 is 4.90 Å². The van der Waals surface area contributed by atoms with Gasteiger partial charge in [-0.1, -0.05) is 36.8 Å². The molecular formula is C21H28N4S.